The molecule has 0 saturated carbocycles. The summed E-state index contributed by atoms with van der Waals surface area (Å²) >= 11 is 0. The van der Waals surface area contributed by atoms with E-state index in [1.807, 2.05) is 0 Å². The SMILES string of the molecule is [Be+2].[CH2-]Cc1ccc(OC2CN(C(=O)[C@@H]3CCCN3)C2)c(C(=O)O)c1[O-].[OH-].[OH-]. The van der Waals surface area contributed by atoms with Crippen molar-refractivity contribution in [3.05, 3.63) is 30.2 Å². The molecule has 0 bridgehead atoms. The van der Waals surface area contributed by atoms with Gasteiger partial charge in [0.1, 0.15) is 11.9 Å². The van der Waals surface area contributed by atoms with Crippen LogP contribution in [0.15, 0.2) is 12.1 Å². The molecule has 27 heavy (non-hydrogen) atoms. The molecule has 0 aliphatic carbocycles. The summed E-state index contributed by atoms with van der Waals surface area (Å²) in [6.07, 6.45) is 1.77. The Kier molecular flexibility index (Phi) is 9.39. The minimum atomic E-state index is -1.31. The van der Waals surface area contributed by atoms with Gasteiger partial charge in [0, 0.05) is 0 Å². The maximum atomic E-state index is 12.2. The molecule has 1 aromatic carbocycles. The van der Waals surface area contributed by atoms with Gasteiger partial charge < -0.3 is 43.0 Å². The third-order valence-electron chi connectivity index (χ3n) is 4.50. The van der Waals surface area contributed by atoms with Crippen LogP contribution in [0.4, 0.5) is 0 Å². The van der Waals surface area contributed by atoms with Crippen LogP contribution in [-0.2, 0) is 11.2 Å². The number of nitrogens with one attached hydrogen (secondary N) is 1. The molecule has 2 heterocycles. The van der Waals surface area contributed by atoms with Gasteiger partial charge >= 0.3 is 16.1 Å². The number of carboxylic acid groups (broad SMARTS) is 1. The van der Waals surface area contributed by atoms with Crippen molar-refractivity contribution in [2.24, 2.45) is 0 Å². The van der Waals surface area contributed by atoms with Crippen LogP contribution in [0.1, 0.15) is 28.8 Å². The third kappa shape index (κ3) is 4.95. The van der Waals surface area contributed by atoms with Crippen molar-refractivity contribution < 1.29 is 35.5 Å². The fourth-order valence-electron chi connectivity index (χ4n) is 3.09. The molecule has 3 rings (SSSR count). The van der Waals surface area contributed by atoms with Gasteiger partial charge in [-0.15, -0.1) is 0 Å². The van der Waals surface area contributed by atoms with Gasteiger partial charge in [-0.1, -0.05) is 17.4 Å². The molecule has 2 aliphatic rings. The first kappa shape index (κ1) is 24.8. The molecule has 1 aromatic rings. The van der Waals surface area contributed by atoms with Gasteiger partial charge in [0.25, 0.3) is 0 Å². The molecule has 1 atom stereocenters. The van der Waals surface area contributed by atoms with Gasteiger partial charge in [0.2, 0.25) is 5.91 Å². The van der Waals surface area contributed by atoms with Gasteiger partial charge in [-0.3, -0.25) is 4.79 Å². The molecule has 4 N–H and O–H groups in total. The van der Waals surface area contributed by atoms with Crippen LogP contribution >= 0.6 is 0 Å². The number of likely N-dealkylation sites (tertiary alicyclic amines) is 1. The second kappa shape index (κ2) is 10.2. The molecule has 0 spiro atoms. The number of carboxylic acids is 1. The van der Waals surface area contributed by atoms with E-state index in [0.29, 0.717) is 18.7 Å². The van der Waals surface area contributed by atoms with Crippen LogP contribution in [0.25, 0.3) is 0 Å². The van der Waals surface area contributed by atoms with Crippen molar-refractivity contribution in [3.8, 4) is 11.5 Å². The predicted octanol–water partition coefficient (Wildman–Crippen LogP) is -0.558. The second-order valence-corrected chi connectivity index (χ2v) is 6.11. The van der Waals surface area contributed by atoms with E-state index in [1.165, 1.54) is 6.07 Å². The third-order valence-corrected chi connectivity index (χ3v) is 4.50. The van der Waals surface area contributed by atoms with Crippen LogP contribution < -0.4 is 15.2 Å². The number of hydrogen-bond acceptors (Lipinski definition) is 7. The van der Waals surface area contributed by atoms with Crippen LogP contribution in [0.2, 0.25) is 0 Å². The van der Waals surface area contributed by atoms with Gasteiger partial charge in [0.05, 0.1) is 24.7 Å². The zero-order chi connectivity index (χ0) is 17.3. The Balaban J connectivity index is 0.00000225. The molecule has 9 nitrogen and oxygen atoms in total. The molecule has 2 aliphatic heterocycles. The number of hydrogen-bond donors (Lipinski definition) is 2. The summed E-state index contributed by atoms with van der Waals surface area (Å²) in [5, 5.41) is 24.6. The minimum Gasteiger partial charge on any atom is -0.872 e. The summed E-state index contributed by atoms with van der Waals surface area (Å²) in [5.41, 5.74) is -0.0177. The number of ether oxygens (including phenoxy) is 1. The van der Waals surface area contributed by atoms with Crippen molar-refractivity contribution >= 4 is 22.0 Å². The first-order valence-corrected chi connectivity index (χ1v) is 8.05. The summed E-state index contributed by atoms with van der Waals surface area (Å²) in [6, 6.07) is 2.92. The summed E-state index contributed by atoms with van der Waals surface area (Å²) in [7, 11) is 0. The molecule has 1 amide bonds. The zero-order valence-electron chi connectivity index (χ0n) is 14.9. The Labute approximate surface area is 161 Å². The quantitative estimate of drug-likeness (QED) is 0.511. The van der Waals surface area contributed by atoms with E-state index in [1.54, 1.807) is 11.0 Å². The number of amides is 1. The van der Waals surface area contributed by atoms with E-state index in [2.05, 4.69) is 12.2 Å². The average Bonchev–Trinajstić information content (AvgIpc) is 3.04. The number of rotatable bonds is 5. The van der Waals surface area contributed by atoms with Gasteiger partial charge in [-0.2, -0.15) is 6.42 Å². The standard InChI is InChI=1S/C17H21N2O5.Be.2H2O/c1-2-10-5-6-13(14(15(10)20)17(22)23)24-11-8-19(9-11)16(21)12-4-3-7-18-12;;;/h5-6,11-12,18,20H,1-4,7-9H2,(H,22,23);;2*1H2/q-1;+2;;/p-3/t12-;;;/m0.../s1. The summed E-state index contributed by atoms with van der Waals surface area (Å²) < 4.78 is 5.65. The van der Waals surface area contributed by atoms with Crippen molar-refractivity contribution in [2.45, 2.75) is 31.4 Å². The average molecular weight is 375 g/mol. The van der Waals surface area contributed by atoms with Crippen molar-refractivity contribution in [1.82, 2.24) is 10.2 Å². The molecular formula is C17H22BeN2O7-2. The van der Waals surface area contributed by atoms with Crippen LogP contribution in [-0.4, -0.2) is 74.7 Å². The molecule has 0 unspecified atom stereocenters. The molecule has 10 heteroatoms. The maximum Gasteiger partial charge on any atom is 2.00 e. The second-order valence-electron chi connectivity index (χ2n) is 6.11. The topological polar surface area (TPSA) is 162 Å². The van der Waals surface area contributed by atoms with Crippen LogP contribution in [0.3, 0.4) is 0 Å². The molecule has 0 aromatic heterocycles. The molecular weight excluding hydrogens is 353 g/mol. The van der Waals surface area contributed by atoms with Crippen molar-refractivity contribution in [2.75, 3.05) is 19.6 Å². The largest absolute Gasteiger partial charge is 2.00 e. The number of nitrogens with zero attached hydrogens (tertiary/aromatic N) is 1. The number of carbonyl (C=O) groups excluding carboxylic acids is 1. The first-order chi connectivity index (χ1) is 11.5. The Morgan fingerprint density at radius 1 is 1.33 bits per heavy atom. The summed E-state index contributed by atoms with van der Waals surface area (Å²) in [4.78, 5) is 25.3. The summed E-state index contributed by atoms with van der Waals surface area (Å²) in [6.45, 7) is 5.28. The minimum absolute atomic E-state index is 0. The normalized spacial score (nSPS) is 18.4. The Morgan fingerprint density at radius 2 is 2.00 bits per heavy atom. The first-order valence-electron chi connectivity index (χ1n) is 8.05. The van der Waals surface area contributed by atoms with Crippen molar-refractivity contribution in [3.63, 3.8) is 0 Å². The monoisotopic (exact) mass is 375 g/mol. The molecule has 2 fully saturated rings. The van der Waals surface area contributed by atoms with E-state index in [9.17, 15) is 19.8 Å². The van der Waals surface area contributed by atoms with E-state index >= 15 is 0 Å². The predicted molar refractivity (Wildman–Crippen MR) is 93.6 cm³/mol. The van der Waals surface area contributed by atoms with Crippen molar-refractivity contribution in [1.29, 1.82) is 0 Å². The number of carbonyl (C=O) groups is 2. The van der Waals surface area contributed by atoms with Gasteiger partial charge in [0.15, 0.2) is 0 Å². The maximum absolute atomic E-state index is 12.2. The number of benzene rings is 1. The smallest absolute Gasteiger partial charge is 0.872 e. The van der Waals surface area contributed by atoms with E-state index in [4.69, 9.17) is 4.74 Å². The van der Waals surface area contributed by atoms with Gasteiger partial charge in [-0.05, 0) is 25.5 Å². The summed E-state index contributed by atoms with van der Waals surface area (Å²) in [5.74, 6) is -1.76. The van der Waals surface area contributed by atoms with Gasteiger partial charge in [-0.25, -0.2) is 4.79 Å². The van der Waals surface area contributed by atoms with Crippen LogP contribution in [0.5, 0.6) is 11.5 Å². The molecule has 0 radical (unpaired) electrons. The fraction of sp³-hybridized carbons (Fsp3) is 0.471. The van der Waals surface area contributed by atoms with E-state index in [-0.39, 0.29) is 56.9 Å². The Bertz CT molecular complexity index is 659. The Morgan fingerprint density at radius 3 is 2.52 bits per heavy atom. The number of aromatic carboxylic acids is 1. The molecule has 2 saturated heterocycles. The Hall–Kier alpha value is -2.19. The zero-order valence-corrected chi connectivity index (χ0v) is 14.9. The molecule has 146 valence electrons. The van der Waals surface area contributed by atoms with E-state index in [0.717, 1.165) is 19.4 Å². The van der Waals surface area contributed by atoms with E-state index < -0.39 is 11.7 Å². The van der Waals surface area contributed by atoms with Crippen LogP contribution in [0, 0.1) is 6.92 Å². The fourth-order valence-corrected chi connectivity index (χ4v) is 3.09.